The first kappa shape index (κ1) is 12.2. The van der Waals surface area contributed by atoms with Crippen LogP contribution in [-0.2, 0) is 11.3 Å². The Bertz CT molecular complexity index is 603. The lowest BCUT2D eigenvalue weighted by molar-refractivity contribution is -0.134. The zero-order valence-electron chi connectivity index (χ0n) is 11.6. The van der Waals surface area contributed by atoms with E-state index in [4.69, 9.17) is 0 Å². The molecular formula is C16H20N2O2. The fraction of sp³-hybridized carbons (Fsp3) is 0.625. The summed E-state index contributed by atoms with van der Waals surface area (Å²) in [4.78, 5) is 26.3. The predicted molar refractivity (Wildman–Crippen MR) is 75.5 cm³/mol. The van der Waals surface area contributed by atoms with E-state index in [1.54, 1.807) is 6.07 Å². The molecule has 1 aromatic heterocycles. The quantitative estimate of drug-likeness (QED) is 0.820. The summed E-state index contributed by atoms with van der Waals surface area (Å²) in [6.45, 7) is 2.41. The highest BCUT2D eigenvalue weighted by Gasteiger charge is 2.37. The van der Waals surface area contributed by atoms with Gasteiger partial charge in [0.15, 0.2) is 0 Å². The summed E-state index contributed by atoms with van der Waals surface area (Å²) in [6.07, 6.45) is 4.31. The summed E-state index contributed by atoms with van der Waals surface area (Å²) < 4.78 is 1.92. The number of pyridine rings is 1. The summed E-state index contributed by atoms with van der Waals surface area (Å²) in [5.41, 5.74) is 1.23. The van der Waals surface area contributed by atoms with Crippen LogP contribution in [0.25, 0.3) is 0 Å². The van der Waals surface area contributed by atoms with E-state index in [9.17, 15) is 9.59 Å². The van der Waals surface area contributed by atoms with Crippen molar-refractivity contribution in [2.75, 3.05) is 13.1 Å². The SMILES string of the molecule is O=C(CC1CC1)N1CC2CC(C1)c1cccc(=O)n1C2. The number of hydrogen-bond acceptors (Lipinski definition) is 2. The summed E-state index contributed by atoms with van der Waals surface area (Å²) >= 11 is 0. The Kier molecular flexibility index (Phi) is 2.72. The monoisotopic (exact) mass is 272 g/mol. The van der Waals surface area contributed by atoms with Crippen molar-refractivity contribution >= 4 is 5.91 Å². The minimum absolute atomic E-state index is 0.106. The largest absolute Gasteiger partial charge is 0.342 e. The molecule has 1 amide bonds. The zero-order chi connectivity index (χ0) is 13.7. The first-order valence-electron chi connectivity index (χ1n) is 7.68. The molecular weight excluding hydrogens is 252 g/mol. The van der Waals surface area contributed by atoms with Crippen molar-refractivity contribution in [3.8, 4) is 0 Å². The number of fused-ring (bicyclic) bond motifs is 4. The third-order valence-corrected chi connectivity index (χ3v) is 4.99. The molecule has 3 heterocycles. The average molecular weight is 272 g/mol. The van der Waals surface area contributed by atoms with Gasteiger partial charge in [-0.25, -0.2) is 0 Å². The van der Waals surface area contributed by atoms with Crippen LogP contribution in [0.1, 0.15) is 37.3 Å². The molecule has 0 aromatic carbocycles. The smallest absolute Gasteiger partial charge is 0.250 e. The molecule has 1 aliphatic carbocycles. The molecule has 2 aliphatic heterocycles. The molecule has 2 fully saturated rings. The minimum atomic E-state index is 0.106. The Morgan fingerprint density at radius 3 is 2.85 bits per heavy atom. The molecule has 4 rings (SSSR count). The second kappa shape index (κ2) is 4.47. The fourth-order valence-electron chi connectivity index (χ4n) is 3.80. The number of aromatic nitrogens is 1. The van der Waals surface area contributed by atoms with Gasteiger partial charge in [0.25, 0.3) is 5.56 Å². The van der Waals surface area contributed by atoms with Gasteiger partial charge in [-0.2, -0.15) is 0 Å². The molecule has 1 saturated heterocycles. The minimum Gasteiger partial charge on any atom is -0.342 e. The van der Waals surface area contributed by atoms with Crippen molar-refractivity contribution in [1.29, 1.82) is 0 Å². The van der Waals surface area contributed by atoms with Crippen LogP contribution >= 0.6 is 0 Å². The number of hydrogen-bond donors (Lipinski definition) is 0. The Hall–Kier alpha value is -1.58. The second-order valence-corrected chi connectivity index (χ2v) is 6.64. The number of likely N-dealkylation sites (tertiary alicyclic amines) is 1. The average Bonchev–Trinajstić information content (AvgIpc) is 3.24. The van der Waals surface area contributed by atoms with Crippen LogP contribution in [0.3, 0.4) is 0 Å². The van der Waals surface area contributed by atoms with Crippen molar-refractivity contribution < 1.29 is 4.79 Å². The number of carbonyl (C=O) groups is 1. The van der Waals surface area contributed by atoms with Crippen LogP contribution in [0.4, 0.5) is 0 Å². The standard InChI is InChI=1S/C16H20N2O2/c19-15-3-1-2-14-13-6-12(9-18(14)15)8-17(10-13)16(20)7-11-4-5-11/h1-3,11-13H,4-10H2. The van der Waals surface area contributed by atoms with E-state index in [0.29, 0.717) is 23.7 Å². The molecule has 1 aromatic rings. The Labute approximate surface area is 118 Å². The highest BCUT2D eigenvalue weighted by Crippen LogP contribution is 2.37. The van der Waals surface area contributed by atoms with E-state index in [1.807, 2.05) is 10.6 Å². The van der Waals surface area contributed by atoms with E-state index >= 15 is 0 Å². The molecule has 0 radical (unpaired) electrons. The Morgan fingerprint density at radius 2 is 2.05 bits per heavy atom. The Balaban J connectivity index is 1.58. The van der Waals surface area contributed by atoms with Gasteiger partial charge in [-0.05, 0) is 37.2 Å². The van der Waals surface area contributed by atoms with E-state index < -0.39 is 0 Å². The lowest BCUT2D eigenvalue weighted by Crippen LogP contribution is -2.49. The lowest BCUT2D eigenvalue weighted by Gasteiger charge is -2.42. The van der Waals surface area contributed by atoms with E-state index in [0.717, 1.165) is 38.2 Å². The van der Waals surface area contributed by atoms with E-state index in [1.165, 1.54) is 12.8 Å². The van der Waals surface area contributed by atoms with Gasteiger partial charge < -0.3 is 9.47 Å². The Morgan fingerprint density at radius 1 is 1.20 bits per heavy atom. The molecule has 4 heteroatoms. The van der Waals surface area contributed by atoms with Gasteiger partial charge in [0.05, 0.1) is 0 Å². The molecule has 3 aliphatic rings. The number of nitrogens with zero attached hydrogens (tertiary/aromatic N) is 2. The van der Waals surface area contributed by atoms with Crippen LogP contribution in [0.15, 0.2) is 23.0 Å². The van der Waals surface area contributed by atoms with E-state index in [2.05, 4.69) is 11.0 Å². The highest BCUT2D eigenvalue weighted by atomic mass is 16.2. The van der Waals surface area contributed by atoms with Crippen LogP contribution in [0, 0.1) is 11.8 Å². The first-order valence-corrected chi connectivity index (χ1v) is 7.68. The normalized spacial score (nSPS) is 28.1. The van der Waals surface area contributed by atoms with Gasteiger partial charge in [0.1, 0.15) is 0 Å². The maximum absolute atomic E-state index is 12.3. The summed E-state index contributed by atoms with van der Waals surface area (Å²) in [6, 6.07) is 5.54. The van der Waals surface area contributed by atoms with Gasteiger partial charge >= 0.3 is 0 Å². The third-order valence-electron chi connectivity index (χ3n) is 4.99. The molecule has 2 unspecified atom stereocenters. The molecule has 0 spiro atoms. The van der Waals surface area contributed by atoms with Gasteiger partial charge in [0, 0.05) is 43.7 Å². The van der Waals surface area contributed by atoms with Crippen molar-refractivity contribution in [2.45, 2.75) is 38.1 Å². The topological polar surface area (TPSA) is 42.3 Å². The van der Waals surface area contributed by atoms with Crippen molar-refractivity contribution in [1.82, 2.24) is 9.47 Å². The molecule has 0 N–H and O–H groups in total. The molecule has 4 nitrogen and oxygen atoms in total. The van der Waals surface area contributed by atoms with Crippen molar-refractivity contribution in [3.05, 3.63) is 34.2 Å². The summed E-state index contributed by atoms with van der Waals surface area (Å²) in [5, 5.41) is 0. The van der Waals surface area contributed by atoms with Gasteiger partial charge in [-0.1, -0.05) is 6.07 Å². The molecule has 106 valence electrons. The lowest BCUT2D eigenvalue weighted by atomic mass is 9.83. The molecule has 1 saturated carbocycles. The molecule has 2 atom stereocenters. The predicted octanol–water partition coefficient (Wildman–Crippen LogP) is 1.59. The van der Waals surface area contributed by atoms with Gasteiger partial charge in [-0.15, -0.1) is 0 Å². The summed E-state index contributed by atoms with van der Waals surface area (Å²) in [7, 11) is 0. The van der Waals surface area contributed by atoms with Crippen molar-refractivity contribution in [2.24, 2.45) is 11.8 Å². The van der Waals surface area contributed by atoms with Crippen LogP contribution in [0.2, 0.25) is 0 Å². The maximum atomic E-state index is 12.3. The molecule has 2 bridgehead atoms. The zero-order valence-corrected chi connectivity index (χ0v) is 11.6. The van der Waals surface area contributed by atoms with E-state index in [-0.39, 0.29) is 5.56 Å². The van der Waals surface area contributed by atoms with Crippen LogP contribution in [-0.4, -0.2) is 28.5 Å². The number of piperidine rings is 1. The summed E-state index contributed by atoms with van der Waals surface area (Å²) in [5.74, 6) is 1.78. The van der Waals surface area contributed by atoms with Gasteiger partial charge in [-0.3, -0.25) is 9.59 Å². The highest BCUT2D eigenvalue weighted by molar-refractivity contribution is 5.77. The third kappa shape index (κ3) is 2.07. The number of amides is 1. The van der Waals surface area contributed by atoms with Crippen LogP contribution < -0.4 is 5.56 Å². The maximum Gasteiger partial charge on any atom is 0.250 e. The second-order valence-electron chi connectivity index (χ2n) is 6.64. The number of carbonyl (C=O) groups excluding carboxylic acids is 1. The fourth-order valence-corrected chi connectivity index (χ4v) is 3.80. The van der Waals surface area contributed by atoms with Gasteiger partial charge in [0.2, 0.25) is 5.91 Å². The molecule has 20 heavy (non-hydrogen) atoms. The number of rotatable bonds is 2. The first-order chi connectivity index (χ1) is 9.70. The van der Waals surface area contributed by atoms with Crippen LogP contribution in [0.5, 0.6) is 0 Å². The van der Waals surface area contributed by atoms with Crippen molar-refractivity contribution in [3.63, 3.8) is 0 Å².